The van der Waals surface area contributed by atoms with E-state index in [4.69, 9.17) is 14.6 Å². The lowest BCUT2D eigenvalue weighted by atomic mass is 10.0. The van der Waals surface area contributed by atoms with Crippen molar-refractivity contribution in [2.75, 3.05) is 6.61 Å². The van der Waals surface area contributed by atoms with Crippen molar-refractivity contribution >= 4 is 16.9 Å². The highest BCUT2D eigenvalue weighted by atomic mass is 16.8. The van der Waals surface area contributed by atoms with Crippen LogP contribution in [0.4, 0.5) is 0 Å². The number of nitrogens with one attached hydrogen (secondary N) is 1. The number of amides is 1. The highest BCUT2D eigenvalue weighted by Crippen LogP contribution is 2.28. The number of carbonyl (C=O) groups excluding carboxylic acids is 1. The van der Waals surface area contributed by atoms with Crippen LogP contribution < -0.4 is 5.48 Å². The highest BCUT2D eigenvalue weighted by molar-refractivity contribution is 6.06. The van der Waals surface area contributed by atoms with Gasteiger partial charge in [0, 0.05) is 24.6 Å². The minimum absolute atomic E-state index is 0.120. The van der Waals surface area contributed by atoms with Crippen LogP contribution in [0.25, 0.3) is 22.3 Å². The molecule has 0 saturated carbocycles. The van der Waals surface area contributed by atoms with Crippen molar-refractivity contribution in [3.63, 3.8) is 0 Å². The maximum Gasteiger partial charge on any atom is 0.275 e. The number of ether oxygens (including phenoxy) is 1. The molecule has 29 heavy (non-hydrogen) atoms. The van der Waals surface area contributed by atoms with Crippen LogP contribution in [0.1, 0.15) is 55.1 Å². The molecule has 4 rings (SSSR count). The predicted molar refractivity (Wildman–Crippen MR) is 110 cm³/mol. The van der Waals surface area contributed by atoms with E-state index < -0.39 is 6.29 Å². The van der Waals surface area contributed by atoms with Gasteiger partial charge in [0.15, 0.2) is 11.9 Å². The van der Waals surface area contributed by atoms with E-state index in [2.05, 4.69) is 10.6 Å². The Labute approximate surface area is 170 Å². The molecule has 1 aromatic carbocycles. The Morgan fingerprint density at radius 2 is 2.14 bits per heavy atom. The summed E-state index contributed by atoms with van der Waals surface area (Å²) in [6, 6.07) is 9.92. The molecule has 0 spiro atoms. The molecule has 1 N–H and O–H groups in total. The Morgan fingerprint density at radius 3 is 2.86 bits per heavy atom. The molecule has 1 fully saturated rings. The Bertz CT molecular complexity index is 1020. The third kappa shape index (κ3) is 4.02. The number of aromatic nitrogens is 3. The van der Waals surface area contributed by atoms with Crippen LogP contribution >= 0.6 is 0 Å². The second kappa shape index (κ2) is 8.31. The minimum atomic E-state index is -0.403. The maximum atomic E-state index is 13.0. The summed E-state index contributed by atoms with van der Waals surface area (Å²) in [6.45, 7) is 6.76. The predicted octanol–water partition coefficient (Wildman–Crippen LogP) is 4.18. The number of rotatable bonds is 5. The van der Waals surface area contributed by atoms with Gasteiger partial charge in [0.1, 0.15) is 0 Å². The number of hydrogen-bond donors (Lipinski definition) is 1. The van der Waals surface area contributed by atoms with Crippen molar-refractivity contribution < 1.29 is 14.4 Å². The van der Waals surface area contributed by atoms with Crippen molar-refractivity contribution in [2.24, 2.45) is 0 Å². The lowest BCUT2D eigenvalue weighted by molar-refractivity contribution is -0.186. The van der Waals surface area contributed by atoms with Crippen molar-refractivity contribution in [3.05, 3.63) is 47.7 Å². The minimum Gasteiger partial charge on any atom is -0.350 e. The third-order valence-corrected chi connectivity index (χ3v) is 5.14. The van der Waals surface area contributed by atoms with Gasteiger partial charge in [-0.05, 0) is 45.2 Å². The fourth-order valence-corrected chi connectivity index (χ4v) is 3.56. The first kappa shape index (κ1) is 19.5. The number of hydroxylamine groups is 1. The molecular weight excluding hydrogens is 368 g/mol. The van der Waals surface area contributed by atoms with Gasteiger partial charge in [0.25, 0.3) is 5.91 Å². The highest BCUT2D eigenvalue weighted by Gasteiger charge is 2.21. The zero-order valence-corrected chi connectivity index (χ0v) is 17.0. The van der Waals surface area contributed by atoms with E-state index >= 15 is 0 Å². The number of nitrogens with zero attached hydrogens (tertiary/aromatic N) is 3. The fraction of sp³-hybridized carbons (Fsp3) is 0.409. The molecule has 1 aliphatic heterocycles. The summed E-state index contributed by atoms with van der Waals surface area (Å²) in [5.41, 5.74) is 6.53. The monoisotopic (exact) mass is 394 g/mol. The lowest BCUT2D eigenvalue weighted by Crippen LogP contribution is -2.33. The Morgan fingerprint density at radius 1 is 1.31 bits per heavy atom. The van der Waals surface area contributed by atoms with Gasteiger partial charge in [0.05, 0.1) is 22.8 Å². The van der Waals surface area contributed by atoms with Crippen molar-refractivity contribution in [3.8, 4) is 11.3 Å². The first-order valence-electron chi connectivity index (χ1n) is 10.1. The first-order valence-corrected chi connectivity index (χ1v) is 10.1. The van der Waals surface area contributed by atoms with Crippen molar-refractivity contribution in [1.29, 1.82) is 0 Å². The van der Waals surface area contributed by atoms with Gasteiger partial charge < -0.3 is 4.74 Å². The van der Waals surface area contributed by atoms with E-state index in [0.717, 1.165) is 36.1 Å². The van der Waals surface area contributed by atoms with Gasteiger partial charge >= 0.3 is 0 Å². The molecule has 7 nitrogen and oxygen atoms in total. The molecule has 1 amide bonds. The quantitative estimate of drug-likeness (QED) is 0.657. The molecule has 1 atom stereocenters. The molecule has 3 heterocycles. The van der Waals surface area contributed by atoms with Gasteiger partial charge in [-0.15, -0.1) is 0 Å². The maximum absolute atomic E-state index is 13.0. The summed E-state index contributed by atoms with van der Waals surface area (Å²) in [7, 11) is 0. The van der Waals surface area contributed by atoms with Crippen LogP contribution in [-0.4, -0.2) is 33.6 Å². The lowest BCUT2D eigenvalue weighted by Gasteiger charge is -2.22. The summed E-state index contributed by atoms with van der Waals surface area (Å²) < 4.78 is 7.36. The third-order valence-electron chi connectivity index (χ3n) is 5.14. The average Bonchev–Trinajstić information content (AvgIpc) is 3.17. The van der Waals surface area contributed by atoms with E-state index in [1.165, 1.54) is 0 Å². The number of fused-ring (bicyclic) bond motifs is 1. The molecule has 7 heteroatoms. The molecule has 0 radical (unpaired) electrons. The Kier molecular flexibility index (Phi) is 5.60. The number of benzene rings is 1. The van der Waals surface area contributed by atoms with Gasteiger partial charge in [-0.25, -0.2) is 20.0 Å². The van der Waals surface area contributed by atoms with E-state index in [1.54, 1.807) is 12.3 Å². The van der Waals surface area contributed by atoms with Gasteiger partial charge in [0.2, 0.25) is 0 Å². The summed E-state index contributed by atoms with van der Waals surface area (Å²) in [5.74, 6) is -0.329. The molecule has 3 aromatic rings. The molecule has 152 valence electrons. The summed E-state index contributed by atoms with van der Waals surface area (Å²) in [6.07, 6.45) is 4.10. The van der Waals surface area contributed by atoms with Crippen LogP contribution in [0, 0.1) is 6.92 Å². The smallest absolute Gasteiger partial charge is 0.275 e. The van der Waals surface area contributed by atoms with Crippen LogP contribution in [0.15, 0.2) is 36.5 Å². The Hall–Kier alpha value is -2.77. The Balaban J connectivity index is 1.73. The zero-order valence-electron chi connectivity index (χ0n) is 17.0. The summed E-state index contributed by atoms with van der Waals surface area (Å²) in [5, 5.41) is 5.15. The zero-order chi connectivity index (χ0) is 20.4. The first-order chi connectivity index (χ1) is 14.0. The van der Waals surface area contributed by atoms with Crippen LogP contribution in [0.2, 0.25) is 0 Å². The normalized spacial score (nSPS) is 17.0. The molecule has 0 bridgehead atoms. The molecule has 1 saturated heterocycles. The van der Waals surface area contributed by atoms with Crippen molar-refractivity contribution in [1.82, 2.24) is 20.2 Å². The second-order valence-electron chi connectivity index (χ2n) is 7.64. The van der Waals surface area contributed by atoms with E-state index in [0.29, 0.717) is 23.2 Å². The fourth-order valence-electron chi connectivity index (χ4n) is 3.56. The molecule has 0 aliphatic carbocycles. The average molecular weight is 394 g/mol. The van der Waals surface area contributed by atoms with Gasteiger partial charge in [-0.1, -0.05) is 24.3 Å². The SMILES string of the molecule is Cc1ccccc1-c1cc(C(=O)NOC2CCCCO2)c2cnn(C(C)C)c2n1. The van der Waals surface area contributed by atoms with Crippen LogP contribution in [-0.2, 0) is 9.57 Å². The van der Waals surface area contributed by atoms with Crippen molar-refractivity contribution in [2.45, 2.75) is 52.4 Å². The van der Waals surface area contributed by atoms with Gasteiger partial charge in [-0.3, -0.25) is 4.79 Å². The van der Waals surface area contributed by atoms with E-state index in [-0.39, 0.29) is 11.9 Å². The largest absolute Gasteiger partial charge is 0.350 e. The molecule has 2 aromatic heterocycles. The van der Waals surface area contributed by atoms with Gasteiger partial charge in [-0.2, -0.15) is 5.10 Å². The standard InChI is InChI=1S/C22H26N4O3/c1-14(2)26-21-18(13-23-26)17(22(27)25-29-20-10-6-7-11-28-20)12-19(24-21)16-9-5-4-8-15(16)3/h4-5,8-9,12-14,20H,6-7,10-11H2,1-3H3,(H,25,27). The van der Waals surface area contributed by atoms with E-state index in [9.17, 15) is 4.79 Å². The topological polar surface area (TPSA) is 78.3 Å². The number of aryl methyl sites for hydroxylation is 1. The van der Waals surface area contributed by atoms with Crippen LogP contribution in [0.5, 0.6) is 0 Å². The molecular formula is C22H26N4O3. The number of carbonyl (C=O) groups is 1. The second-order valence-corrected chi connectivity index (χ2v) is 7.64. The molecule has 1 unspecified atom stereocenters. The molecule has 1 aliphatic rings. The van der Waals surface area contributed by atoms with Crippen LogP contribution in [0.3, 0.4) is 0 Å². The van der Waals surface area contributed by atoms with E-state index in [1.807, 2.05) is 49.7 Å². The number of pyridine rings is 1. The summed E-state index contributed by atoms with van der Waals surface area (Å²) >= 11 is 0. The summed E-state index contributed by atoms with van der Waals surface area (Å²) in [4.78, 5) is 23.3. The number of hydrogen-bond acceptors (Lipinski definition) is 5.